The fourth-order valence-electron chi connectivity index (χ4n) is 2.22. The molecule has 0 aromatic heterocycles. The lowest BCUT2D eigenvalue weighted by Crippen LogP contribution is -2.22. The van der Waals surface area contributed by atoms with Crippen LogP contribution in [-0.4, -0.2) is 49.0 Å². The molecule has 148 valence electrons. The quantitative estimate of drug-likeness (QED) is 0.710. The first-order chi connectivity index (χ1) is 12.6. The summed E-state index contributed by atoms with van der Waals surface area (Å²) in [5.74, 6) is 0.894. The number of nitrogens with one attached hydrogen (secondary N) is 1. The number of ether oxygens (including phenoxy) is 2. The third-order valence-electron chi connectivity index (χ3n) is 3.63. The van der Waals surface area contributed by atoms with Crippen LogP contribution in [0.15, 0.2) is 52.3 Å². The van der Waals surface area contributed by atoms with Gasteiger partial charge in [-0.3, -0.25) is 4.72 Å². The highest BCUT2D eigenvalue weighted by Crippen LogP contribution is 2.31. The van der Waals surface area contributed by atoms with Crippen molar-refractivity contribution in [3.8, 4) is 11.5 Å². The van der Waals surface area contributed by atoms with Crippen LogP contribution in [0.5, 0.6) is 11.5 Å². The highest BCUT2D eigenvalue weighted by atomic mass is 32.2. The molecule has 0 radical (unpaired) electrons. The van der Waals surface area contributed by atoms with Gasteiger partial charge in [0.2, 0.25) is 10.0 Å². The molecule has 0 aliphatic carbocycles. The molecule has 0 bridgehead atoms. The molecular weight excluding hydrogens is 392 g/mol. The van der Waals surface area contributed by atoms with Gasteiger partial charge in [-0.1, -0.05) is 0 Å². The highest BCUT2D eigenvalue weighted by molar-refractivity contribution is 7.92. The normalized spacial score (nSPS) is 12.0. The van der Waals surface area contributed by atoms with Crippen molar-refractivity contribution in [3.05, 3.63) is 42.5 Å². The number of benzene rings is 2. The van der Waals surface area contributed by atoms with E-state index in [1.807, 2.05) is 6.92 Å². The lowest BCUT2D eigenvalue weighted by molar-refractivity contribution is 0.311. The van der Waals surface area contributed by atoms with Crippen LogP contribution in [0.25, 0.3) is 0 Å². The zero-order valence-corrected chi connectivity index (χ0v) is 17.1. The number of anilines is 1. The largest absolute Gasteiger partial charge is 0.493 e. The number of nitrogens with zero attached hydrogens (tertiary/aromatic N) is 1. The van der Waals surface area contributed by atoms with Crippen molar-refractivity contribution in [2.24, 2.45) is 0 Å². The van der Waals surface area contributed by atoms with Crippen LogP contribution < -0.4 is 14.2 Å². The Balaban J connectivity index is 2.29. The first kappa shape index (κ1) is 21.0. The molecule has 0 heterocycles. The Hall–Kier alpha value is -2.30. The summed E-state index contributed by atoms with van der Waals surface area (Å²) in [5, 5.41) is 0. The zero-order chi connectivity index (χ0) is 20.2. The van der Waals surface area contributed by atoms with E-state index in [9.17, 15) is 16.8 Å². The Bertz CT molecular complexity index is 1000. The number of rotatable bonds is 8. The van der Waals surface area contributed by atoms with E-state index in [1.165, 1.54) is 51.5 Å². The second-order valence-electron chi connectivity index (χ2n) is 5.66. The Kier molecular flexibility index (Phi) is 6.34. The summed E-state index contributed by atoms with van der Waals surface area (Å²) in [6, 6.07) is 9.65. The van der Waals surface area contributed by atoms with Crippen molar-refractivity contribution >= 4 is 25.7 Å². The average Bonchev–Trinajstić information content (AvgIpc) is 2.62. The molecule has 0 unspecified atom stereocenters. The van der Waals surface area contributed by atoms with Crippen molar-refractivity contribution in [2.75, 3.05) is 32.5 Å². The summed E-state index contributed by atoms with van der Waals surface area (Å²) in [5.41, 5.74) is 0.292. The monoisotopic (exact) mass is 414 g/mol. The molecule has 0 saturated carbocycles. The molecule has 10 heteroatoms. The summed E-state index contributed by atoms with van der Waals surface area (Å²) in [4.78, 5) is -0.0535. The molecule has 27 heavy (non-hydrogen) atoms. The number of methoxy groups -OCH3 is 1. The van der Waals surface area contributed by atoms with Gasteiger partial charge in [-0.2, -0.15) is 0 Å². The van der Waals surface area contributed by atoms with Gasteiger partial charge in [-0.15, -0.1) is 0 Å². The van der Waals surface area contributed by atoms with Gasteiger partial charge in [0.05, 0.1) is 29.2 Å². The molecule has 0 fully saturated rings. The molecule has 0 amide bonds. The van der Waals surface area contributed by atoms with Crippen LogP contribution >= 0.6 is 0 Å². The van der Waals surface area contributed by atoms with Gasteiger partial charge in [-0.25, -0.2) is 21.1 Å². The molecule has 2 aromatic rings. The van der Waals surface area contributed by atoms with E-state index in [-0.39, 0.29) is 9.79 Å². The van der Waals surface area contributed by atoms with Crippen LogP contribution in [0.3, 0.4) is 0 Å². The maximum absolute atomic E-state index is 12.6. The minimum absolute atomic E-state index is 0.00851. The maximum Gasteiger partial charge on any atom is 0.261 e. The average molecular weight is 415 g/mol. The number of sulfonamides is 2. The molecule has 0 aliphatic rings. The van der Waals surface area contributed by atoms with Gasteiger partial charge < -0.3 is 9.47 Å². The van der Waals surface area contributed by atoms with E-state index in [2.05, 4.69) is 4.72 Å². The molecule has 2 aromatic carbocycles. The molecule has 0 saturated heterocycles. The predicted molar refractivity (Wildman–Crippen MR) is 102 cm³/mol. The van der Waals surface area contributed by atoms with Crippen molar-refractivity contribution in [1.82, 2.24) is 4.31 Å². The second kappa shape index (κ2) is 8.15. The summed E-state index contributed by atoms with van der Waals surface area (Å²) >= 11 is 0. The highest BCUT2D eigenvalue weighted by Gasteiger charge is 2.20. The molecular formula is C17H22N2O6S2. The van der Waals surface area contributed by atoms with E-state index in [4.69, 9.17) is 9.47 Å². The maximum atomic E-state index is 12.6. The van der Waals surface area contributed by atoms with Crippen molar-refractivity contribution < 1.29 is 26.3 Å². The fourth-order valence-corrected chi connectivity index (χ4v) is 4.17. The lowest BCUT2D eigenvalue weighted by atomic mass is 10.3. The van der Waals surface area contributed by atoms with Gasteiger partial charge in [0.15, 0.2) is 11.5 Å². The van der Waals surface area contributed by atoms with Gasteiger partial charge in [0.25, 0.3) is 10.0 Å². The topological polar surface area (TPSA) is 102 Å². The molecule has 0 spiro atoms. The molecule has 2 rings (SSSR count). The summed E-state index contributed by atoms with van der Waals surface area (Å²) in [7, 11) is -3.26. The van der Waals surface area contributed by atoms with Gasteiger partial charge in [-0.05, 0) is 43.3 Å². The Morgan fingerprint density at radius 1 is 0.926 bits per heavy atom. The molecule has 0 aliphatic heterocycles. The summed E-state index contributed by atoms with van der Waals surface area (Å²) in [6.07, 6.45) is 0. The summed E-state index contributed by atoms with van der Waals surface area (Å²) in [6.45, 7) is 2.28. The van der Waals surface area contributed by atoms with Crippen LogP contribution in [0.2, 0.25) is 0 Å². The van der Waals surface area contributed by atoms with Crippen molar-refractivity contribution in [3.63, 3.8) is 0 Å². The predicted octanol–water partition coefficient (Wildman–Crippen LogP) is 2.15. The van der Waals surface area contributed by atoms with E-state index >= 15 is 0 Å². The van der Waals surface area contributed by atoms with Gasteiger partial charge >= 0.3 is 0 Å². The molecule has 1 N–H and O–H groups in total. The SMILES string of the molecule is CCOc1ccc(NS(=O)(=O)c2ccc(S(=O)(=O)N(C)C)cc2)cc1OC. The van der Waals surface area contributed by atoms with Gasteiger partial charge in [0, 0.05) is 20.2 Å². The van der Waals surface area contributed by atoms with E-state index in [0.29, 0.717) is 23.8 Å². The first-order valence-corrected chi connectivity index (χ1v) is 10.9. The minimum atomic E-state index is -3.90. The lowest BCUT2D eigenvalue weighted by Gasteiger charge is -2.14. The second-order valence-corrected chi connectivity index (χ2v) is 9.50. The van der Waals surface area contributed by atoms with Crippen LogP contribution in [0.4, 0.5) is 5.69 Å². The zero-order valence-electron chi connectivity index (χ0n) is 15.5. The van der Waals surface area contributed by atoms with Crippen LogP contribution in [0.1, 0.15) is 6.92 Å². The van der Waals surface area contributed by atoms with E-state index < -0.39 is 20.0 Å². The Labute approximate surface area is 159 Å². The van der Waals surface area contributed by atoms with Gasteiger partial charge in [0.1, 0.15) is 0 Å². The molecule has 8 nitrogen and oxygen atoms in total. The van der Waals surface area contributed by atoms with E-state index in [1.54, 1.807) is 12.1 Å². The Morgan fingerprint density at radius 3 is 2.04 bits per heavy atom. The standard InChI is InChI=1S/C17H22N2O6S2/c1-5-25-16-11-6-13(12-17(16)24-4)18-26(20,21)14-7-9-15(10-8-14)27(22,23)19(2)3/h6-12,18H,5H2,1-4H3. The van der Waals surface area contributed by atoms with E-state index in [0.717, 1.165) is 4.31 Å². The molecule has 0 atom stereocenters. The first-order valence-electron chi connectivity index (χ1n) is 7.98. The van der Waals surface area contributed by atoms with Crippen LogP contribution in [0, 0.1) is 0 Å². The van der Waals surface area contributed by atoms with Crippen molar-refractivity contribution in [2.45, 2.75) is 16.7 Å². The number of hydrogen-bond donors (Lipinski definition) is 1. The van der Waals surface area contributed by atoms with Crippen LogP contribution in [-0.2, 0) is 20.0 Å². The summed E-state index contributed by atoms with van der Waals surface area (Å²) < 4.78 is 63.4. The number of hydrogen-bond acceptors (Lipinski definition) is 6. The fraction of sp³-hybridized carbons (Fsp3) is 0.294. The third kappa shape index (κ3) is 4.71. The smallest absolute Gasteiger partial charge is 0.261 e. The Morgan fingerprint density at radius 2 is 1.52 bits per heavy atom. The minimum Gasteiger partial charge on any atom is -0.493 e. The third-order valence-corrected chi connectivity index (χ3v) is 6.85. The van der Waals surface area contributed by atoms with Crippen molar-refractivity contribution in [1.29, 1.82) is 0 Å².